The van der Waals surface area contributed by atoms with Crippen molar-refractivity contribution in [3.8, 4) is 17.2 Å². The van der Waals surface area contributed by atoms with Crippen LogP contribution in [0.5, 0.6) is 17.2 Å². The number of rotatable bonds is 21. The van der Waals surface area contributed by atoms with Crippen LogP contribution in [0.3, 0.4) is 0 Å². The van der Waals surface area contributed by atoms with Gasteiger partial charge >= 0.3 is 6.09 Å². The van der Waals surface area contributed by atoms with E-state index in [1.165, 1.54) is 12.1 Å². The molecule has 62 heavy (non-hydrogen) atoms. The number of ether oxygens (including phenoxy) is 4. The van der Waals surface area contributed by atoms with E-state index in [-0.39, 0.29) is 57.1 Å². The van der Waals surface area contributed by atoms with Gasteiger partial charge in [-0.05, 0) is 118 Å². The Hall–Kier alpha value is -5.30. The molecule has 0 aromatic heterocycles. The molecule has 1 fully saturated rings. The number of carbonyl (C=O) groups is 2. The monoisotopic (exact) mass is 852 g/mol. The minimum atomic E-state index is -1.54. The first-order valence-corrected chi connectivity index (χ1v) is 21.7. The maximum atomic E-state index is 14.6. The van der Waals surface area contributed by atoms with Gasteiger partial charge in [-0.25, -0.2) is 9.18 Å². The number of oxime groups is 1. The van der Waals surface area contributed by atoms with E-state index >= 15 is 0 Å². The summed E-state index contributed by atoms with van der Waals surface area (Å²) in [6.07, 6.45) is 10.7. The maximum Gasteiger partial charge on any atom is 0.410 e. The molecule has 1 amide bonds. The highest BCUT2D eigenvalue weighted by atomic mass is 19.1. The zero-order chi connectivity index (χ0) is 44.3. The standard InChI is InChI=1S/C50H61FN2O9/c1-6-8-27-58-48(57)53(32-34-18-20-37(51)21-19-34)45-31-43(52-62-49(3,4)5)41-29-36(15-9-11-24-54)40(17-10-12-25-55)46-42-30-39(60-38-16-13-14-35(28-38)33-56)22-23-44(42)61-50(45,47(41)46)59-26-7-2/h6-7,13-14,16,18-23,28-30,33,36,40,45-47,54-55H,1-2,8-12,15,17,24-27,31-32H2,3-5H3/t36-,40+,45-,46+,47+,50+/m0/s1. The summed E-state index contributed by atoms with van der Waals surface area (Å²) in [6.45, 7) is 13.9. The van der Waals surface area contributed by atoms with E-state index in [0.29, 0.717) is 53.3 Å². The van der Waals surface area contributed by atoms with Crippen LogP contribution in [0.25, 0.3) is 0 Å². The van der Waals surface area contributed by atoms with Crippen LogP contribution in [0.4, 0.5) is 9.18 Å². The largest absolute Gasteiger partial charge is 0.459 e. The van der Waals surface area contributed by atoms with Crippen LogP contribution in [0.1, 0.15) is 99.5 Å². The van der Waals surface area contributed by atoms with Crippen molar-refractivity contribution < 1.29 is 48.0 Å². The second kappa shape index (κ2) is 21.2. The summed E-state index contributed by atoms with van der Waals surface area (Å²) in [5, 5.41) is 24.8. The molecule has 2 N–H and O–H groups in total. The van der Waals surface area contributed by atoms with Gasteiger partial charge < -0.3 is 34.0 Å². The third-order valence-corrected chi connectivity index (χ3v) is 11.7. The lowest BCUT2D eigenvalue weighted by molar-refractivity contribution is -0.256. The molecule has 1 aliphatic heterocycles. The second-order valence-corrected chi connectivity index (χ2v) is 17.2. The van der Waals surface area contributed by atoms with Crippen LogP contribution >= 0.6 is 0 Å². The lowest BCUT2D eigenvalue weighted by Crippen LogP contribution is -2.70. The highest BCUT2D eigenvalue weighted by Crippen LogP contribution is 2.62. The zero-order valence-corrected chi connectivity index (χ0v) is 36.2. The van der Waals surface area contributed by atoms with E-state index in [9.17, 15) is 24.2 Å². The normalized spacial score (nSPS) is 23.2. The highest BCUT2D eigenvalue weighted by Gasteiger charge is 2.65. The number of benzene rings is 3. The van der Waals surface area contributed by atoms with Gasteiger partial charge in [-0.15, -0.1) is 13.2 Å². The number of aldehydes is 1. The summed E-state index contributed by atoms with van der Waals surface area (Å²) in [6, 6.07) is 17.8. The lowest BCUT2D eigenvalue weighted by Gasteiger charge is -2.60. The van der Waals surface area contributed by atoms with Crippen LogP contribution in [-0.2, 0) is 20.9 Å². The number of halogens is 1. The molecule has 0 saturated heterocycles. The average molecular weight is 853 g/mol. The number of amides is 1. The third-order valence-electron chi connectivity index (χ3n) is 11.7. The molecule has 0 bridgehead atoms. The smallest absolute Gasteiger partial charge is 0.410 e. The number of nitrogens with zero attached hydrogens (tertiary/aromatic N) is 2. The first-order chi connectivity index (χ1) is 29.9. The molecular formula is C50H61FN2O9. The van der Waals surface area contributed by atoms with Gasteiger partial charge in [0.15, 0.2) is 0 Å². The topological polar surface area (TPSA) is 136 Å². The summed E-state index contributed by atoms with van der Waals surface area (Å²) in [7, 11) is 0. The van der Waals surface area contributed by atoms with Crippen molar-refractivity contribution in [2.45, 2.75) is 102 Å². The number of fused-ring (bicyclic) bond motifs is 2. The molecule has 2 aliphatic carbocycles. The SMILES string of the molecule is C=CCCOC(=O)N(Cc1ccc(F)cc1)[C@H]1CC(=NOC(C)(C)C)C2=C[C@H](CCCCO)[C@@H](CCCCO)[C@@H]3c4cc(Oc5cccc(C=O)c5)ccc4O[C@@]1(OCC=C)[C@H]23. The van der Waals surface area contributed by atoms with E-state index < -0.39 is 35.3 Å². The summed E-state index contributed by atoms with van der Waals surface area (Å²) in [4.78, 5) is 34.1. The van der Waals surface area contributed by atoms with Gasteiger partial charge in [0, 0.05) is 43.2 Å². The van der Waals surface area contributed by atoms with Crippen LogP contribution in [0.2, 0.25) is 0 Å². The predicted molar refractivity (Wildman–Crippen MR) is 236 cm³/mol. The zero-order valence-electron chi connectivity index (χ0n) is 36.2. The van der Waals surface area contributed by atoms with E-state index in [4.69, 9.17) is 28.9 Å². The molecule has 0 spiro atoms. The molecule has 6 atom stereocenters. The minimum absolute atomic E-state index is 0.0176. The second-order valence-electron chi connectivity index (χ2n) is 17.2. The summed E-state index contributed by atoms with van der Waals surface area (Å²) in [5.41, 5.74) is 2.88. The molecule has 3 aromatic rings. The van der Waals surface area contributed by atoms with Gasteiger partial charge in [-0.2, -0.15) is 0 Å². The molecule has 1 saturated carbocycles. The Morgan fingerprint density at radius 3 is 2.42 bits per heavy atom. The number of aliphatic hydroxyl groups is 2. The fourth-order valence-electron chi connectivity index (χ4n) is 9.09. The molecular weight excluding hydrogens is 792 g/mol. The van der Waals surface area contributed by atoms with Crippen molar-refractivity contribution in [1.29, 1.82) is 0 Å². The van der Waals surface area contributed by atoms with E-state index in [1.807, 2.05) is 39.0 Å². The van der Waals surface area contributed by atoms with E-state index in [1.54, 1.807) is 53.5 Å². The van der Waals surface area contributed by atoms with Crippen LogP contribution in [0, 0.1) is 23.6 Å². The van der Waals surface area contributed by atoms with Crippen LogP contribution in [0.15, 0.2) is 109 Å². The molecule has 0 unspecified atom stereocenters. The van der Waals surface area contributed by atoms with Gasteiger partial charge in [0.1, 0.15) is 41.0 Å². The Bertz CT molecular complexity index is 2080. The molecule has 332 valence electrons. The van der Waals surface area contributed by atoms with Crippen LogP contribution in [-0.4, -0.2) is 77.1 Å². The van der Waals surface area contributed by atoms with Crippen LogP contribution < -0.4 is 9.47 Å². The van der Waals surface area contributed by atoms with Gasteiger partial charge in [-0.3, -0.25) is 9.69 Å². The van der Waals surface area contributed by atoms with Crippen molar-refractivity contribution in [1.82, 2.24) is 4.90 Å². The Morgan fingerprint density at radius 2 is 1.73 bits per heavy atom. The molecule has 0 radical (unpaired) electrons. The fraction of sp³-hybridized carbons (Fsp3) is 0.460. The van der Waals surface area contributed by atoms with Gasteiger partial charge in [0.2, 0.25) is 5.79 Å². The highest BCUT2D eigenvalue weighted by molar-refractivity contribution is 6.03. The number of hydrogen-bond acceptors (Lipinski definition) is 10. The molecule has 1 heterocycles. The first-order valence-electron chi connectivity index (χ1n) is 21.7. The Labute approximate surface area is 364 Å². The van der Waals surface area contributed by atoms with Crippen molar-refractivity contribution in [2.24, 2.45) is 22.9 Å². The van der Waals surface area contributed by atoms with Crippen molar-refractivity contribution in [3.63, 3.8) is 0 Å². The van der Waals surface area contributed by atoms with E-state index in [0.717, 1.165) is 43.1 Å². The molecule has 3 aromatic carbocycles. The fourth-order valence-corrected chi connectivity index (χ4v) is 9.09. The lowest BCUT2D eigenvalue weighted by atomic mass is 9.55. The maximum absolute atomic E-state index is 14.6. The predicted octanol–water partition coefficient (Wildman–Crippen LogP) is 10.1. The Balaban J connectivity index is 1.62. The molecule has 12 heteroatoms. The van der Waals surface area contributed by atoms with E-state index in [2.05, 4.69) is 19.2 Å². The third kappa shape index (κ3) is 10.8. The van der Waals surface area contributed by atoms with Gasteiger partial charge in [-0.1, -0.05) is 60.5 Å². The minimum Gasteiger partial charge on any atom is -0.459 e. The summed E-state index contributed by atoms with van der Waals surface area (Å²) in [5.74, 6) is -1.25. The van der Waals surface area contributed by atoms with Crippen molar-refractivity contribution >= 4 is 18.1 Å². The number of hydrogen-bond donors (Lipinski definition) is 2. The molecule has 3 aliphatic rings. The number of carbonyl (C=O) groups excluding carboxylic acids is 2. The molecule has 6 rings (SSSR count). The average Bonchev–Trinajstić information content (AvgIpc) is 3.26. The van der Waals surface area contributed by atoms with Gasteiger partial charge in [0.25, 0.3) is 0 Å². The first kappa shape index (κ1) is 46.2. The van der Waals surface area contributed by atoms with Gasteiger partial charge in [0.05, 0.1) is 24.8 Å². The Morgan fingerprint density at radius 1 is 0.984 bits per heavy atom. The quantitative estimate of drug-likeness (QED) is 0.0465. The Kier molecular flexibility index (Phi) is 15.8. The number of allylic oxidation sites excluding steroid dienone is 1. The number of aliphatic hydroxyl groups excluding tert-OH is 2. The summed E-state index contributed by atoms with van der Waals surface area (Å²) >= 11 is 0. The summed E-state index contributed by atoms with van der Waals surface area (Å²) < 4.78 is 41.0. The van der Waals surface area contributed by atoms with Crippen molar-refractivity contribution in [3.05, 3.63) is 126 Å². The number of unbranched alkanes of at least 4 members (excludes halogenated alkanes) is 2. The molecule has 11 nitrogen and oxygen atoms in total. The van der Waals surface area contributed by atoms with Crippen molar-refractivity contribution in [2.75, 3.05) is 26.4 Å².